The molecular formula is C17H21NO3. The smallest absolute Gasteiger partial charge is 0.329 e. The molecule has 1 aromatic rings. The van der Waals surface area contributed by atoms with Gasteiger partial charge in [0.25, 0.3) is 0 Å². The van der Waals surface area contributed by atoms with Crippen molar-refractivity contribution in [3.63, 3.8) is 0 Å². The number of carboxylic acids is 1. The van der Waals surface area contributed by atoms with Crippen molar-refractivity contribution in [2.24, 2.45) is 5.92 Å². The van der Waals surface area contributed by atoms with E-state index < -0.39 is 11.5 Å². The van der Waals surface area contributed by atoms with E-state index >= 15 is 0 Å². The summed E-state index contributed by atoms with van der Waals surface area (Å²) in [6.45, 7) is 2.44. The molecule has 0 bridgehead atoms. The lowest BCUT2D eigenvalue weighted by Gasteiger charge is -2.35. The molecule has 2 aliphatic rings. The van der Waals surface area contributed by atoms with Crippen LogP contribution in [0.25, 0.3) is 0 Å². The van der Waals surface area contributed by atoms with Crippen LogP contribution in [0.1, 0.15) is 37.3 Å². The van der Waals surface area contributed by atoms with Crippen LogP contribution in [0, 0.1) is 5.92 Å². The van der Waals surface area contributed by atoms with Gasteiger partial charge in [-0.1, -0.05) is 31.2 Å². The number of nitrogens with zero attached hydrogens (tertiary/aromatic N) is 1. The van der Waals surface area contributed by atoms with E-state index in [-0.39, 0.29) is 11.8 Å². The number of hydrogen-bond acceptors (Lipinski definition) is 2. The minimum atomic E-state index is -0.980. The number of hydrogen-bond donors (Lipinski definition) is 1. The Hall–Kier alpha value is -1.84. The van der Waals surface area contributed by atoms with Crippen molar-refractivity contribution in [3.8, 4) is 0 Å². The van der Waals surface area contributed by atoms with E-state index in [0.29, 0.717) is 19.4 Å². The summed E-state index contributed by atoms with van der Waals surface area (Å²) >= 11 is 0. The molecule has 4 heteroatoms. The molecule has 1 aliphatic carbocycles. The minimum Gasteiger partial charge on any atom is -0.479 e. The third-order valence-corrected chi connectivity index (χ3v) is 5.14. The monoisotopic (exact) mass is 287 g/mol. The molecule has 0 aromatic heterocycles. The summed E-state index contributed by atoms with van der Waals surface area (Å²) in [6.07, 6.45) is 3.32. The number of amides is 1. The van der Waals surface area contributed by atoms with Crippen LogP contribution in [0.3, 0.4) is 0 Å². The highest BCUT2D eigenvalue weighted by Crippen LogP contribution is 2.36. The molecule has 1 atom stereocenters. The summed E-state index contributed by atoms with van der Waals surface area (Å²) in [6, 6.07) is 8.12. The molecule has 21 heavy (non-hydrogen) atoms. The predicted molar refractivity (Wildman–Crippen MR) is 78.9 cm³/mol. The van der Waals surface area contributed by atoms with E-state index in [0.717, 1.165) is 19.3 Å². The zero-order valence-electron chi connectivity index (χ0n) is 12.3. The first kappa shape index (κ1) is 14.1. The molecule has 4 nitrogen and oxygen atoms in total. The lowest BCUT2D eigenvalue weighted by Crippen LogP contribution is -2.54. The van der Waals surface area contributed by atoms with Gasteiger partial charge in [0.2, 0.25) is 5.91 Å². The third kappa shape index (κ3) is 2.13. The number of benzene rings is 1. The molecule has 1 heterocycles. The van der Waals surface area contributed by atoms with Gasteiger partial charge in [0.1, 0.15) is 5.54 Å². The van der Waals surface area contributed by atoms with Crippen molar-refractivity contribution < 1.29 is 14.7 Å². The molecule has 1 N–H and O–H groups in total. The summed E-state index contributed by atoms with van der Waals surface area (Å²) in [4.78, 5) is 26.2. The second-order valence-corrected chi connectivity index (χ2v) is 6.16. The van der Waals surface area contributed by atoms with Crippen LogP contribution in [0.5, 0.6) is 0 Å². The zero-order chi connectivity index (χ0) is 15.0. The van der Waals surface area contributed by atoms with Gasteiger partial charge in [0.05, 0.1) is 0 Å². The molecular weight excluding hydrogens is 266 g/mol. The number of fused-ring (bicyclic) bond motifs is 1. The minimum absolute atomic E-state index is 0.0213. The number of carbonyl (C=O) groups excluding carboxylic acids is 1. The molecule has 1 aliphatic heterocycles. The van der Waals surface area contributed by atoms with E-state index in [1.165, 1.54) is 11.1 Å². The number of carbonyl (C=O) groups is 2. The highest BCUT2D eigenvalue weighted by atomic mass is 16.4. The van der Waals surface area contributed by atoms with Gasteiger partial charge in [0, 0.05) is 12.5 Å². The highest BCUT2D eigenvalue weighted by molar-refractivity contribution is 5.89. The molecule has 1 unspecified atom stereocenters. The van der Waals surface area contributed by atoms with Crippen molar-refractivity contribution in [2.45, 2.75) is 44.6 Å². The fourth-order valence-electron chi connectivity index (χ4n) is 3.89. The number of carboxylic acid groups (broad SMARTS) is 1. The molecule has 0 radical (unpaired) electrons. The first-order chi connectivity index (χ1) is 10.1. The normalized spacial score (nSPS) is 25.1. The predicted octanol–water partition coefficient (Wildman–Crippen LogP) is 2.26. The molecule has 0 spiro atoms. The van der Waals surface area contributed by atoms with Gasteiger partial charge in [-0.3, -0.25) is 4.79 Å². The molecule has 112 valence electrons. The van der Waals surface area contributed by atoms with Crippen LogP contribution < -0.4 is 0 Å². The maximum Gasteiger partial charge on any atom is 0.329 e. The van der Waals surface area contributed by atoms with Crippen LogP contribution in [-0.2, 0) is 22.4 Å². The fourth-order valence-corrected chi connectivity index (χ4v) is 3.89. The van der Waals surface area contributed by atoms with Crippen molar-refractivity contribution in [1.82, 2.24) is 4.90 Å². The Morgan fingerprint density at radius 2 is 1.90 bits per heavy atom. The molecule has 0 saturated carbocycles. The summed E-state index contributed by atoms with van der Waals surface area (Å²) in [5.74, 6) is -0.926. The second kappa shape index (κ2) is 5.17. The molecule has 1 amide bonds. The van der Waals surface area contributed by atoms with Gasteiger partial charge >= 0.3 is 5.97 Å². The SMILES string of the molecule is CCC1(C(=O)O)CCCN1C(=O)C1Cc2ccccc2C1. The molecule has 1 saturated heterocycles. The summed E-state index contributed by atoms with van der Waals surface area (Å²) in [7, 11) is 0. The van der Waals surface area contributed by atoms with Crippen LogP contribution in [0.4, 0.5) is 0 Å². The van der Waals surface area contributed by atoms with Crippen LogP contribution >= 0.6 is 0 Å². The van der Waals surface area contributed by atoms with E-state index in [4.69, 9.17) is 0 Å². The van der Waals surface area contributed by atoms with Crippen LogP contribution in [-0.4, -0.2) is 34.0 Å². The molecule has 3 rings (SSSR count). The standard InChI is InChI=1S/C17H21NO3/c1-2-17(16(20)21)8-5-9-18(17)15(19)14-10-12-6-3-4-7-13(12)11-14/h3-4,6-7,14H,2,5,8-11H2,1H3,(H,20,21). The lowest BCUT2D eigenvalue weighted by molar-refractivity contribution is -0.158. The highest BCUT2D eigenvalue weighted by Gasteiger charge is 2.50. The first-order valence-electron chi connectivity index (χ1n) is 7.70. The molecule has 1 fully saturated rings. The van der Waals surface area contributed by atoms with Gasteiger partial charge in [-0.2, -0.15) is 0 Å². The van der Waals surface area contributed by atoms with Crippen molar-refractivity contribution >= 4 is 11.9 Å². The third-order valence-electron chi connectivity index (χ3n) is 5.14. The zero-order valence-corrected chi connectivity index (χ0v) is 12.3. The number of rotatable bonds is 3. The maximum atomic E-state index is 12.9. The van der Waals surface area contributed by atoms with Gasteiger partial charge in [0.15, 0.2) is 0 Å². The van der Waals surface area contributed by atoms with Crippen molar-refractivity contribution in [3.05, 3.63) is 35.4 Å². The Labute approximate surface area is 124 Å². The Morgan fingerprint density at radius 1 is 1.29 bits per heavy atom. The summed E-state index contributed by atoms with van der Waals surface area (Å²) in [5.41, 5.74) is 1.48. The van der Waals surface area contributed by atoms with E-state index in [2.05, 4.69) is 12.1 Å². The summed E-state index contributed by atoms with van der Waals surface area (Å²) < 4.78 is 0. The average molecular weight is 287 g/mol. The van der Waals surface area contributed by atoms with Gasteiger partial charge < -0.3 is 10.0 Å². The Balaban J connectivity index is 1.82. The topological polar surface area (TPSA) is 57.6 Å². The van der Waals surface area contributed by atoms with E-state index in [1.807, 2.05) is 19.1 Å². The van der Waals surface area contributed by atoms with Gasteiger partial charge in [-0.15, -0.1) is 0 Å². The van der Waals surface area contributed by atoms with Gasteiger partial charge in [-0.25, -0.2) is 4.79 Å². The average Bonchev–Trinajstić information content (AvgIpc) is 3.10. The van der Waals surface area contributed by atoms with Gasteiger partial charge in [-0.05, 0) is 43.2 Å². The Kier molecular flexibility index (Phi) is 3.47. The Morgan fingerprint density at radius 3 is 2.43 bits per heavy atom. The number of aliphatic carboxylic acids is 1. The van der Waals surface area contributed by atoms with Crippen molar-refractivity contribution in [2.75, 3.05) is 6.54 Å². The quantitative estimate of drug-likeness (QED) is 0.927. The first-order valence-corrected chi connectivity index (χ1v) is 7.70. The summed E-state index contributed by atoms with van der Waals surface area (Å²) in [5, 5.41) is 9.61. The van der Waals surface area contributed by atoms with Crippen LogP contribution in [0.2, 0.25) is 0 Å². The largest absolute Gasteiger partial charge is 0.479 e. The maximum absolute atomic E-state index is 12.9. The van der Waals surface area contributed by atoms with E-state index in [1.54, 1.807) is 4.90 Å². The second-order valence-electron chi connectivity index (χ2n) is 6.16. The fraction of sp³-hybridized carbons (Fsp3) is 0.529. The Bertz CT molecular complexity index is 558. The van der Waals surface area contributed by atoms with Crippen molar-refractivity contribution in [1.29, 1.82) is 0 Å². The number of likely N-dealkylation sites (tertiary alicyclic amines) is 1. The van der Waals surface area contributed by atoms with E-state index in [9.17, 15) is 14.7 Å². The lowest BCUT2D eigenvalue weighted by atomic mass is 9.91. The van der Waals surface area contributed by atoms with Crippen LogP contribution in [0.15, 0.2) is 24.3 Å². The molecule has 1 aromatic carbocycles.